The molecule has 0 aliphatic carbocycles. The average molecular weight is 1050 g/mol. The zero-order chi connectivity index (χ0) is 51.2. The van der Waals surface area contributed by atoms with Crippen LogP contribution in [0.1, 0.15) is 55.8 Å². The molecule has 2 aromatic carbocycles. The van der Waals surface area contributed by atoms with E-state index < -0.39 is 113 Å². The number of nitrogens with one attached hydrogen (secondary N) is 2. The first-order valence-corrected chi connectivity index (χ1v) is 25.6. The number of phosphoric ester groups is 3. The molecular weight excluding hydrogens is 1000 g/mol. The summed E-state index contributed by atoms with van der Waals surface area (Å²) in [6.07, 6.45) is -8.14. The zero-order valence-electron chi connectivity index (χ0n) is 36.5. The van der Waals surface area contributed by atoms with E-state index in [1.165, 1.54) is 39.0 Å². The van der Waals surface area contributed by atoms with Crippen LogP contribution >= 0.6 is 35.2 Å². The van der Waals surface area contributed by atoms with Crippen molar-refractivity contribution in [3.8, 4) is 11.5 Å². The van der Waals surface area contributed by atoms with E-state index in [2.05, 4.69) is 34.4 Å². The Hall–Kier alpha value is -4.80. The quantitative estimate of drug-likeness (QED) is 0.0198. The van der Waals surface area contributed by atoms with Crippen LogP contribution in [0.5, 0.6) is 11.5 Å². The normalized spacial score (nSPS) is 19.7. The van der Waals surface area contributed by atoms with E-state index in [-0.39, 0.29) is 70.9 Å². The number of phenols is 2. The maximum Gasteiger partial charge on any atom is 0.481 e. The van der Waals surface area contributed by atoms with Gasteiger partial charge in [-0.15, -0.1) is 0 Å². The molecule has 7 atom stereocenters. The molecule has 1 saturated heterocycles. The summed E-state index contributed by atoms with van der Waals surface area (Å²) in [7, 11) is -16.5. The maximum atomic E-state index is 12.7. The highest BCUT2D eigenvalue weighted by Gasteiger charge is 2.50. The summed E-state index contributed by atoms with van der Waals surface area (Å²) in [4.78, 5) is 114. The van der Waals surface area contributed by atoms with Crippen molar-refractivity contribution >= 4 is 91.5 Å². The van der Waals surface area contributed by atoms with Gasteiger partial charge in [0.25, 0.3) is 0 Å². The van der Waals surface area contributed by atoms with E-state index in [4.69, 9.17) is 19.5 Å². The molecule has 69 heavy (non-hydrogen) atoms. The fourth-order valence-electron chi connectivity index (χ4n) is 6.79. The Kier molecular flexibility index (Phi) is 18.0. The van der Waals surface area contributed by atoms with Gasteiger partial charge in [-0.1, -0.05) is 37.7 Å². The minimum absolute atomic E-state index is 0.00894. The molecule has 1 aliphatic heterocycles. The van der Waals surface area contributed by atoms with Gasteiger partial charge in [-0.2, -0.15) is 4.31 Å². The summed E-state index contributed by atoms with van der Waals surface area (Å²) in [6.45, 7) is 1.17. The van der Waals surface area contributed by atoms with Gasteiger partial charge in [-0.3, -0.25) is 42.1 Å². The van der Waals surface area contributed by atoms with Gasteiger partial charge in [-0.05, 0) is 30.0 Å². The highest BCUT2D eigenvalue weighted by Crippen LogP contribution is 2.61. The molecule has 378 valence electrons. The first-order chi connectivity index (χ1) is 32.1. The van der Waals surface area contributed by atoms with Crippen molar-refractivity contribution in [1.29, 1.82) is 0 Å². The van der Waals surface area contributed by atoms with E-state index >= 15 is 0 Å². The molecule has 2 amide bonds. The molecule has 28 nitrogen and oxygen atoms in total. The maximum absolute atomic E-state index is 12.7. The van der Waals surface area contributed by atoms with Crippen LogP contribution in [0.2, 0.25) is 0 Å². The second-order valence-corrected chi connectivity index (χ2v) is 21.3. The highest BCUT2D eigenvalue weighted by molar-refractivity contribution is 8.13. The number of aliphatic hydroxyl groups is 2. The molecule has 32 heteroatoms. The van der Waals surface area contributed by atoms with Gasteiger partial charge in [-0.25, -0.2) is 28.6 Å². The van der Waals surface area contributed by atoms with Crippen LogP contribution in [0.25, 0.3) is 21.9 Å². The topological polar surface area (TPSA) is 438 Å². The number of rotatable bonds is 24. The number of amides is 2. The second-order valence-electron chi connectivity index (χ2n) is 15.9. The number of phenolic OH excluding ortho intramolecular Hbond substituents is 2. The van der Waals surface area contributed by atoms with Crippen LogP contribution in [-0.2, 0) is 61.9 Å². The number of nitrogens with two attached hydrogens (primary N) is 1. The minimum Gasteiger partial charge on any atom is -0.507 e. The number of nitrogen functional groups attached to an aromatic ring is 1. The minimum atomic E-state index is -5.62. The van der Waals surface area contributed by atoms with Gasteiger partial charge >= 0.3 is 23.5 Å². The molecule has 0 radical (unpaired) electrons. The van der Waals surface area contributed by atoms with Crippen LogP contribution in [-0.4, -0.2) is 144 Å². The van der Waals surface area contributed by atoms with E-state index in [9.17, 15) is 77.7 Å². The molecule has 2 aromatic heterocycles. The van der Waals surface area contributed by atoms with Crippen molar-refractivity contribution < 1.29 is 100 Å². The van der Waals surface area contributed by atoms with Gasteiger partial charge in [0.15, 0.2) is 28.6 Å². The number of hydrogen-bond acceptors (Lipinski definition) is 22. The Morgan fingerprint density at radius 1 is 1.00 bits per heavy atom. The number of ketones is 2. The SMILES string of the molecule is CC(=O)c1c(CC(=O)CC(=O)SCCNC(=O)CCNC(=O)[C@@H](O)C(C)(C)COP(=O)(O)OP(=O)(O)OC[C@H]2O[C@@H](n3cnc4c(N)ncnc43)[C@H](O)[C@@H]2OP(=O)(O)O)cc2cccc(O)c2c1O. The number of anilines is 1. The lowest BCUT2D eigenvalue weighted by molar-refractivity contribution is -0.137. The lowest BCUT2D eigenvalue weighted by atomic mass is 9.87. The number of carbonyl (C=O) groups is 5. The third kappa shape index (κ3) is 14.6. The summed E-state index contributed by atoms with van der Waals surface area (Å²) in [5.41, 5.74) is 4.19. The second kappa shape index (κ2) is 22.5. The lowest BCUT2D eigenvalue weighted by Gasteiger charge is -2.30. The third-order valence-electron chi connectivity index (χ3n) is 10.0. The van der Waals surface area contributed by atoms with Crippen molar-refractivity contribution in [2.45, 2.75) is 70.7 Å². The van der Waals surface area contributed by atoms with Crippen molar-refractivity contribution in [3.63, 3.8) is 0 Å². The smallest absolute Gasteiger partial charge is 0.481 e. The molecule has 0 bridgehead atoms. The number of benzene rings is 2. The predicted molar refractivity (Wildman–Crippen MR) is 238 cm³/mol. The summed E-state index contributed by atoms with van der Waals surface area (Å²) in [5, 5.41) is 47.1. The zero-order valence-corrected chi connectivity index (χ0v) is 40.0. The first kappa shape index (κ1) is 55.1. The standard InChI is InChI=1S/C37H48N7O21P3S/c1-18(45)26-20(11-19-5-4-6-22(47)27(19)29(26)50)12-21(46)13-25(49)69-10-9-39-24(48)7-8-40-35(53)32(52)37(2,3)15-62-68(59,60)65-67(57,58)61-14-23-31(64-66(54,55)56)30(51)36(63-23)44-17-43-28-33(38)41-16-42-34(28)44/h4-6,11,16-17,23,30-32,36,47,50-52H,7-10,12-15H2,1-3H3,(H,39,48)(H,40,53)(H,57,58)(H,59,60)(H2,38,41,42)(H2,54,55,56)/t23-,30-,31-,32-,36-/m1/s1. The third-order valence-corrected chi connectivity index (χ3v) is 14.0. The number of aromatic hydroxyl groups is 2. The molecule has 12 N–H and O–H groups in total. The van der Waals surface area contributed by atoms with Crippen LogP contribution < -0.4 is 16.4 Å². The number of aromatic nitrogens is 4. The average Bonchev–Trinajstić information content (AvgIpc) is 3.80. The van der Waals surface area contributed by atoms with Gasteiger partial charge in [0.2, 0.25) is 11.8 Å². The molecule has 2 unspecified atom stereocenters. The van der Waals surface area contributed by atoms with Gasteiger partial charge < -0.3 is 61.1 Å². The van der Waals surface area contributed by atoms with Gasteiger partial charge in [0.1, 0.15) is 53.5 Å². The molecular formula is C37H48N7O21P3S. The molecule has 5 rings (SSSR count). The van der Waals surface area contributed by atoms with Gasteiger partial charge in [0.05, 0.1) is 36.9 Å². The van der Waals surface area contributed by atoms with Crippen LogP contribution in [0.15, 0.2) is 36.9 Å². The van der Waals surface area contributed by atoms with E-state index in [0.29, 0.717) is 5.39 Å². The fourth-order valence-corrected chi connectivity index (χ4v) is 10.3. The van der Waals surface area contributed by atoms with Crippen molar-refractivity contribution in [2.24, 2.45) is 5.41 Å². The number of phosphoric acid groups is 3. The number of hydrogen-bond donors (Lipinski definition) is 11. The van der Waals surface area contributed by atoms with Gasteiger partial charge in [0, 0.05) is 37.1 Å². The van der Waals surface area contributed by atoms with E-state index in [0.717, 1.165) is 29.0 Å². The summed E-state index contributed by atoms with van der Waals surface area (Å²) >= 11 is 0.757. The van der Waals surface area contributed by atoms with Crippen molar-refractivity contribution in [3.05, 3.63) is 48.0 Å². The summed E-state index contributed by atoms with van der Waals surface area (Å²) in [6, 6.07) is 5.91. The van der Waals surface area contributed by atoms with E-state index in [1.54, 1.807) is 6.07 Å². The number of ether oxygens (including phenoxy) is 1. The van der Waals surface area contributed by atoms with Crippen molar-refractivity contribution in [2.75, 3.05) is 37.8 Å². The van der Waals surface area contributed by atoms with E-state index in [1.807, 2.05) is 0 Å². The Morgan fingerprint density at radius 2 is 1.70 bits per heavy atom. The molecule has 0 spiro atoms. The molecule has 0 saturated carbocycles. The van der Waals surface area contributed by atoms with Crippen LogP contribution in [0, 0.1) is 5.41 Å². The fraction of sp³-hybridized carbons (Fsp3) is 0.459. The number of imidazole rings is 1. The lowest BCUT2D eigenvalue weighted by Crippen LogP contribution is -2.46. The number of aliphatic hydroxyl groups excluding tert-OH is 2. The van der Waals surface area contributed by atoms with Crippen LogP contribution in [0.3, 0.4) is 0 Å². The largest absolute Gasteiger partial charge is 0.507 e. The molecule has 1 aliphatic rings. The molecule has 3 heterocycles. The summed E-state index contributed by atoms with van der Waals surface area (Å²) in [5.74, 6) is -3.45. The number of thioether (sulfide) groups is 1. The highest BCUT2D eigenvalue weighted by atomic mass is 32.2. The van der Waals surface area contributed by atoms with Crippen LogP contribution in [0.4, 0.5) is 5.82 Å². The number of fused-ring (bicyclic) bond motifs is 2. The predicted octanol–water partition coefficient (Wildman–Crippen LogP) is 0.634. The molecule has 1 fully saturated rings. The Balaban J connectivity index is 1.02. The Labute approximate surface area is 394 Å². The van der Waals surface area contributed by atoms with Crippen molar-refractivity contribution in [1.82, 2.24) is 30.2 Å². The Bertz CT molecular complexity index is 2760. The summed E-state index contributed by atoms with van der Waals surface area (Å²) < 4.78 is 62.3. The monoisotopic (exact) mass is 1050 g/mol. The molecule has 4 aromatic rings. The number of Topliss-reactive ketones (excluding diaryl/α,β-unsaturated/α-hetero) is 2. The number of nitrogens with zero attached hydrogens (tertiary/aromatic N) is 4. The Morgan fingerprint density at radius 3 is 2.38 bits per heavy atom. The first-order valence-electron chi connectivity index (χ1n) is 20.1. The number of carbonyl (C=O) groups excluding carboxylic acids is 5.